The molecule has 2 amide bonds. The number of fused-ring (bicyclic) bond motifs is 1. The summed E-state index contributed by atoms with van der Waals surface area (Å²) >= 11 is 1.43. The van der Waals surface area contributed by atoms with Crippen LogP contribution < -0.4 is 5.32 Å². The lowest BCUT2D eigenvalue weighted by Gasteiger charge is -2.34. The molecule has 7 heteroatoms. The number of hydrogen-bond donors (Lipinski definition) is 1. The summed E-state index contributed by atoms with van der Waals surface area (Å²) in [5.74, 6) is 1.04. The van der Waals surface area contributed by atoms with Crippen LogP contribution in [0.25, 0.3) is 0 Å². The number of likely N-dealkylation sites (tertiary alicyclic amines) is 1. The Labute approximate surface area is 157 Å². The van der Waals surface area contributed by atoms with Crippen LogP contribution in [0.5, 0.6) is 0 Å². The SMILES string of the molecule is O=C(NCc1cnc2n1CCCC2)C1CCCCN1C(=O)c1cccs1. The van der Waals surface area contributed by atoms with Gasteiger partial charge in [0.05, 0.1) is 23.3 Å². The Hall–Kier alpha value is -2.15. The summed E-state index contributed by atoms with van der Waals surface area (Å²) in [5, 5.41) is 4.94. The fourth-order valence-corrected chi connectivity index (χ4v) is 4.58. The van der Waals surface area contributed by atoms with E-state index in [1.165, 1.54) is 17.8 Å². The van der Waals surface area contributed by atoms with E-state index in [-0.39, 0.29) is 17.9 Å². The van der Waals surface area contributed by atoms with E-state index in [9.17, 15) is 9.59 Å². The zero-order valence-electron chi connectivity index (χ0n) is 14.8. The molecule has 26 heavy (non-hydrogen) atoms. The number of imidazole rings is 1. The standard InChI is InChI=1S/C19H24N4O2S/c24-18(21-13-14-12-20-17-8-2-4-9-22(14)17)15-6-1-3-10-23(15)19(25)16-7-5-11-26-16/h5,7,11-12,15H,1-4,6,8-10,13H2,(H,21,24). The lowest BCUT2D eigenvalue weighted by molar-refractivity contribution is -0.126. The quantitative estimate of drug-likeness (QED) is 0.897. The Bertz CT molecular complexity index is 784. The molecule has 1 atom stereocenters. The molecule has 0 saturated carbocycles. The van der Waals surface area contributed by atoms with Crippen molar-refractivity contribution in [2.24, 2.45) is 0 Å². The summed E-state index contributed by atoms with van der Waals surface area (Å²) in [6.07, 6.45) is 7.90. The van der Waals surface area contributed by atoms with Crippen molar-refractivity contribution in [1.29, 1.82) is 0 Å². The van der Waals surface area contributed by atoms with Crippen molar-refractivity contribution in [3.63, 3.8) is 0 Å². The first-order chi connectivity index (χ1) is 12.7. The first-order valence-electron chi connectivity index (χ1n) is 9.39. The van der Waals surface area contributed by atoms with E-state index < -0.39 is 0 Å². The molecule has 2 aliphatic rings. The highest BCUT2D eigenvalue weighted by Crippen LogP contribution is 2.22. The number of aryl methyl sites for hydroxylation is 1. The zero-order chi connectivity index (χ0) is 17.9. The normalized spacial score (nSPS) is 19.8. The molecule has 4 rings (SSSR count). The molecule has 2 aromatic rings. The fourth-order valence-electron chi connectivity index (χ4n) is 3.90. The van der Waals surface area contributed by atoms with Crippen LogP contribution in [-0.2, 0) is 24.3 Å². The summed E-state index contributed by atoms with van der Waals surface area (Å²) in [4.78, 5) is 32.5. The molecule has 6 nitrogen and oxygen atoms in total. The van der Waals surface area contributed by atoms with Crippen LogP contribution in [0, 0.1) is 0 Å². The minimum atomic E-state index is -0.373. The van der Waals surface area contributed by atoms with Gasteiger partial charge in [0, 0.05) is 19.5 Å². The van der Waals surface area contributed by atoms with Gasteiger partial charge < -0.3 is 14.8 Å². The molecular weight excluding hydrogens is 348 g/mol. The summed E-state index contributed by atoms with van der Waals surface area (Å²) < 4.78 is 2.22. The molecule has 1 fully saturated rings. The van der Waals surface area contributed by atoms with Gasteiger partial charge in [0.2, 0.25) is 5.91 Å². The largest absolute Gasteiger partial charge is 0.349 e. The predicted octanol–water partition coefficient (Wildman–Crippen LogP) is 2.59. The second kappa shape index (κ2) is 7.61. The van der Waals surface area contributed by atoms with E-state index in [0.717, 1.165) is 50.2 Å². The second-order valence-electron chi connectivity index (χ2n) is 6.98. The molecule has 4 heterocycles. The molecule has 2 aromatic heterocycles. The van der Waals surface area contributed by atoms with E-state index in [2.05, 4.69) is 14.9 Å². The number of carbonyl (C=O) groups is 2. The zero-order valence-corrected chi connectivity index (χ0v) is 15.6. The van der Waals surface area contributed by atoms with Gasteiger partial charge in [0.1, 0.15) is 11.9 Å². The molecule has 138 valence electrons. The highest BCUT2D eigenvalue weighted by atomic mass is 32.1. The lowest BCUT2D eigenvalue weighted by atomic mass is 10.0. The number of amides is 2. The number of carbonyl (C=O) groups excluding carboxylic acids is 2. The molecule has 0 radical (unpaired) electrons. The fraction of sp³-hybridized carbons (Fsp3) is 0.526. The van der Waals surface area contributed by atoms with Crippen molar-refractivity contribution >= 4 is 23.2 Å². The van der Waals surface area contributed by atoms with Crippen molar-refractivity contribution in [1.82, 2.24) is 19.8 Å². The monoisotopic (exact) mass is 372 g/mol. The second-order valence-corrected chi connectivity index (χ2v) is 7.93. The van der Waals surface area contributed by atoms with E-state index in [1.807, 2.05) is 23.7 Å². The summed E-state index contributed by atoms with van der Waals surface area (Å²) in [6.45, 7) is 2.10. The minimum absolute atomic E-state index is 0.0263. The maximum Gasteiger partial charge on any atom is 0.264 e. The molecular formula is C19H24N4O2S. The third-order valence-corrected chi connectivity index (χ3v) is 6.15. The maximum absolute atomic E-state index is 12.8. The van der Waals surface area contributed by atoms with Crippen LogP contribution in [0.1, 0.15) is 53.3 Å². The van der Waals surface area contributed by atoms with Crippen LogP contribution in [-0.4, -0.2) is 38.9 Å². The van der Waals surface area contributed by atoms with Gasteiger partial charge in [0.15, 0.2) is 0 Å². The summed E-state index contributed by atoms with van der Waals surface area (Å²) in [6, 6.07) is 3.33. The van der Waals surface area contributed by atoms with Gasteiger partial charge in [-0.2, -0.15) is 0 Å². The summed E-state index contributed by atoms with van der Waals surface area (Å²) in [7, 11) is 0. The minimum Gasteiger partial charge on any atom is -0.349 e. The van der Waals surface area contributed by atoms with Crippen molar-refractivity contribution in [2.75, 3.05) is 6.54 Å². The van der Waals surface area contributed by atoms with Gasteiger partial charge in [-0.05, 0) is 43.6 Å². The van der Waals surface area contributed by atoms with Crippen LogP contribution in [0.15, 0.2) is 23.7 Å². The smallest absolute Gasteiger partial charge is 0.264 e. The average molecular weight is 372 g/mol. The van der Waals surface area contributed by atoms with Gasteiger partial charge >= 0.3 is 0 Å². The molecule has 1 saturated heterocycles. The highest BCUT2D eigenvalue weighted by molar-refractivity contribution is 7.12. The summed E-state index contributed by atoms with van der Waals surface area (Å²) in [5.41, 5.74) is 1.06. The maximum atomic E-state index is 12.8. The third-order valence-electron chi connectivity index (χ3n) is 5.29. The predicted molar refractivity (Wildman–Crippen MR) is 100 cm³/mol. The Balaban J connectivity index is 1.42. The number of nitrogens with one attached hydrogen (secondary N) is 1. The first kappa shape index (κ1) is 17.3. The van der Waals surface area contributed by atoms with Crippen LogP contribution >= 0.6 is 11.3 Å². The molecule has 0 bridgehead atoms. The van der Waals surface area contributed by atoms with Gasteiger partial charge in [-0.1, -0.05) is 6.07 Å². The molecule has 0 aliphatic carbocycles. The number of hydrogen-bond acceptors (Lipinski definition) is 4. The molecule has 0 aromatic carbocycles. The van der Waals surface area contributed by atoms with Crippen molar-refractivity contribution in [3.05, 3.63) is 40.1 Å². The average Bonchev–Trinajstić information content (AvgIpc) is 3.35. The van der Waals surface area contributed by atoms with E-state index in [0.29, 0.717) is 18.0 Å². The van der Waals surface area contributed by atoms with Gasteiger partial charge in [0.25, 0.3) is 5.91 Å². The van der Waals surface area contributed by atoms with Gasteiger partial charge in [-0.3, -0.25) is 9.59 Å². The number of rotatable bonds is 4. The van der Waals surface area contributed by atoms with Crippen LogP contribution in [0.4, 0.5) is 0 Å². The van der Waals surface area contributed by atoms with Gasteiger partial charge in [-0.25, -0.2) is 4.98 Å². The molecule has 1 unspecified atom stereocenters. The number of piperidine rings is 1. The number of aromatic nitrogens is 2. The van der Waals surface area contributed by atoms with Crippen LogP contribution in [0.3, 0.4) is 0 Å². The number of nitrogens with zero attached hydrogens (tertiary/aromatic N) is 3. The third kappa shape index (κ3) is 3.40. The first-order valence-corrected chi connectivity index (χ1v) is 10.3. The molecule has 1 N–H and O–H groups in total. The topological polar surface area (TPSA) is 67.2 Å². The van der Waals surface area contributed by atoms with E-state index >= 15 is 0 Å². The lowest BCUT2D eigenvalue weighted by Crippen LogP contribution is -2.51. The number of thiophene rings is 1. The van der Waals surface area contributed by atoms with E-state index in [4.69, 9.17) is 0 Å². The Morgan fingerprint density at radius 2 is 2.12 bits per heavy atom. The Morgan fingerprint density at radius 1 is 1.23 bits per heavy atom. The Kier molecular flexibility index (Phi) is 5.06. The van der Waals surface area contributed by atoms with E-state index in [1.54, 1.807) is 4.90 Å². The van der Waals surface area contributed by atoms with Crippen molar-refractivity contribution in [2.45, 2.75) is 57.7 Å². The molecule has 0 spiro atoms. The van der Waals surface area contributed by atoms with Crippen molar-refractivity contribution in [3.8, 4) is 0 Å². The van der Waals surface area contributed by atoms with Crippen molar-refractivity contribution < 1.29 is 9.59 Å². The van der Waals surface area contributed by atoms with Gasteiger partial charge in [-0.15, -0.1) is 11.3 Å². The van der Waals surface area contributed by atoms with Crippen LogP contribution in [0.2, 0.25) is 0 Å². The highest BCUT2D eigenvalue weighted by Gasteiger charge is 2.33. The Morgan fingerprint density at radius 3 is 2.96 bits per heavy atom. The molecule has 2 aliphatic heterocycles.